The maximum atomic E-state index is 13.0. The van der Waals surface area contributed by atoms with Crippen molar-refractivity contribution >= 4 is 0 Å². The summed E-state index contributed by atoms with van der Waals surface area (Å²) < 4.78 is 18.5. The van der Waals surface area contributed by atoms with Crippen LogP contribution in [0.15, 0.2) is 0 Å². The monoisotopic (exact) mass is 202 g/mol. The molecule has 0 radical (unpaired) electrons. The van der Waals surface area contributed by atoms with E-state index in [1.54, 1.807) is 0 Å². The lowest BCUT2D eigenvalue weighted by atomic mass is 10.0. The van der Waals surface area contributed by atoms with E-state index in [4.69, 9.17) is 4.74 Å². The zero-order chi connectivity index (χ0) is 10.2. The van der Waals surface area contributed by atoms with Crippen LogP contribution < -0.4 is 0 Å². The fourth-order valence-corrected chi connectivity index (χ4v) is 2.01. The van der Waals surface area contributed by atoms with Crippen LogP contribution in [0.4, 0.5) is 4.39 Å². The van der Waals surface area contributed by atoms with Crippen molar-refractivity contribution in [1.29, 1.82) is 0 Å². The Kier molecular flexibility index (Phi) is 6.17. The minimum atomic E-state index is -0.607. The molecule has 0 bridgehead atoms. The zero-order valence-corrected chi connectivity index (χ0v) is 9.30. The van der Waals surface area contributed by atoms with Crippen molar-refractivity contribution in [3.63, 3.8) is 0 Å². The lowest BCUT2D eigenvalue weighted by Gasteiger charge is -2.25. The summed E-state index contributed by atoms with van der Waals surface area (Å²) in [6.07, 6.45) is 8.32. The molecule has 2 heteroatoms. The van der Waals surface area contributed by atoms with E-state index >= 15 is 0 Å². The average Bonchev–Trinajstić information content (AvgIpc) is 2.18. The van der Waals surface area contributed by atoms with Crippen LogP contribution >= 0.6 is 0 Å². The third-order valence-electron chi connectivity index (χ3n) is 2.93. The van der Waals surface area contributed by atoms with Gasteiger partial charge in [-0.3, -0.25) is 0 Å². The first-order valence-corrected chi connectivity index (χ1v) is 6.08. The predicted octanol–water partition coefficient (Wildman–Crippen LogP) is 3.86. The van der Waals surface area contributed by atoms with Crippen LogP contribution in [0.25, 0.3) is 0 Å². The Labute approximate surface area is 87.0 Å². The van der Waals surface area contributed by atoms with E-state index in [0.29, 0.717) is 19.4 Å². The van der Waals surface area contributed by atoms with E-state index in [2.05, 4.69) is 6.92 Å². The molecule has 1 fully saturated rings. The van der Waals surface area contributed by atoms with Gasteiger partial charge in [-0.1, -0.05) is 39.0 Å². The van der Waals surface area contributed by atoms with Crippen LogP contribution in [0, 0.1) is 0 Å². The lowest BCUT2D eigenvalue weighted by molar-refractivity contribution is -0.0227. The Bertz CT molecular complexity index is 138. The van der Waals surface area contributed by atoms with Crippen molar-refractivity contribution in [2.75, 3.05) is 6.61 Å². The fourth-order valence-electron chi connectivity index (χ4n) is 2.01. The normalized spacial score (nSPS) is 27.9. The Morgan fingerprint density at radius 3 is 2.71 bits per heavy atom. The molecule has 1 aliphatic rings. The highest BCUT2D eigenvalue weighted by Crippen LogP contribution is 2.21. The van der Waals surface area contributed by atoms with Gasteiger partial charge in [0.25, 0.3) is 0 Å². The summed E-state index contributed by atoms with van der Waals surface area (Å²) in [6, 6.07) is 0. The van der Waals surface area contributed by atoms with Gasteiger partial charge in [0, 0.05) is 19.4 Å². The van der Waals surface area contributed by atoms with Gasteiger partial charge >= 0.3 is 0 Å². The van der Waals surface area contributed by atoms with Crippen LogP contribution in [-0.2, 0) is 4.74 Å². The summed E-state index contributed by atoms with van der Waals surface area (Å²) >= 11 is 0. The molecular weight excluding hydrogens is 179 g/mol. The van der Waals surface area contributed by atoms with Crippen LogP contribution in [0.5, 0.6) is 0 Å². The van der Waals surface area contributed by atoms with Gasteiger partial charge < -0.3 is 4.74 Å². The molecule has 0 N–H and O–H groups in total. The topological polar surface area (TPSA) is 9.23 Å². The molecule has 1 nitrogen and oxygen atoms in total. The molecule has 0 amide bonds. The third kappa shape index (κ3) is 4.94. The second-order valence-corrected chi connectivity index (χ2v) is 4.32. The number of halogens is 1. The smallest absolute Gasteiger partial charge is 0.105 e. The first-order valence-electron chi connectivity index (χ1n) is 6.08. The van der Waals surface area contributed by atoms with Gasteiger partial charge in [-0.05, 0) is 6.42 Å². The van der Waals surface area contributed by atoms with Crippen LogP contribution in [0.3, 0.4) is 0 Å². The largest absolute Gasteiger partial charge is 0.378 e. The summed E-state index contributed by atoms with van der Waals surface area (Å²) in [6.45, 7) is 2.85. The predicted molar refractivity (Wildman–Crippen MR) is 57.2 cm³/mol. The summed E-state index contributed by atoms with van der Waals surface area (Å²) in [5.74, 6) is 0. The molecule has 0 aliphatic carbocycles. The Morgan fingerprint density at radius 2 is 2.00 bits per heavy atom. The van der Waals surface area contributed by atoms with E-state index in [-0.39, 0.29) is 6.10 Å². The van der Waals surface area contributed by atoms with E-state index in [9.17, 15) is 4.39 Å². The van der Waals surface area contributed by atoms with Crippen molar-refractivity contribution < 1.29 is 9.13 Å². The van der Waals surface area contributed by atoms with Gasteiger partial charge in [0.05, 0.1) is 6.10 Å². The molecule has 1 aliphatic heterocycles. The molecule has 1 saturated heterocycles. The van der Waals surface area contributed by atoms with E-state index in [1.165, 1.54) is 32.1 Å². The standard InChI is InChI=1S/C12H23FO/c1-2-3-4-5-6-7-12-10-11(13)8-9-14-12/h11-12H,2-10H2,1H3/t11-,12+/m1/s1. The fraction of sp³-hybridized carbons (Fsp3) is 1.00. The highest BCUT2D eigenvalue weighted by atomic mass is 19.1. The molecular formula is C12H23FO. The summed E-state index contributed by atoms with van der Waals surface area (Å²) in [5, 5.41) is 0. The van der Waals surface area contributed by atoms with Crippen molar-refractivity contribution in [3.05, 3.63) is 0 Å². The maximum Gasteiger partial charge on any atom is 0.105 e. The number of rotatable bonds is 6. The van der Waals surface area contributed by atoms with Gasteiger partial charge in [-0.25, -0.2) is 4.39 Å². The maximum absolute atomic E-state index is 13.0. The van der Waals surface area contributed by atoms with Crippen molar-refractivity contribution in [2.24, 2.45) is 0 Å². The van der Waals surface area contributed by atoms with E-state index in [1.807, 2.05) is 0 Å². The van der Waals surface area contributed by atoms with Crippen LogP contribution in [0.1, 0.15) is 58.3 Å². The zero-order valence-electron chi connectivity index (χ0n) is 9.30. The molecule has 14 heavy (non-hydrogen) atoms. The highest BCUT2D eigenvalue weighted by molar-refractivity contribution is 4.70. The first kappa shape index (κ1) is 12.0. The quantitative estimate of drug-likeness (QED) is 0.594. The number of alkyl halides is 1. The summed E-state index contributed by atoms with van der Waals surface area (Å²) in [4.78, 5) is 0. The number of unbranched alkanes of at least 4 members (excludes halogenated alkanes) is 4. The first-order chi connectivity index (χ1) is 6.83. The summed E-state index contributed by atoms with van der Waals surface area (Å²) in [5.41, 5.74) is 0. The molecule has 2 atom stereocenters. The van der Waals surface area contributed by atoms with Crippen LogP contribution in [-0.4, -0.2) is 18.9 Å². The molecule has 1 rings (SSSR count). The molecule has 0 unspecified atom stereocenters. The SMILES string of the molecule is CCCCCCC[C@H]1C[C@H](F)CCO1. The summed E-state index contributed by atoms with van der Waals surface area (Å²) in [7, 11) is 0. The average molecular weight is 202 g/mol. The Hall–Kier alpha value is -0.110. The van der Waals surface area contributed by atoms with Crippen molar-refractivity contribution in [1.82, 2.24) is 0 Å². The van der Waals surface area contributed by atoms with Gasteiger partial charge in [0.2, 0.25) is 0 Å². The molecule has 0 aromatic rings. The lowest BCUT2D eigenvalue weighted by Crippen LogP contribution is -2.26. The van der Waals surface area contributed by atoms with Crippen molar-refractivity contribution in [3.8, 4) is 0 Å². The molecule has 0 saturated carbocycles. The molecule has 0 aromatic carbocycles. The molecule has 0 spiro atoms. The Balaban J connectivity index is 1.95. The number of hydrogen-bond acceptors (Lipinski definition) is 1. The van der Waals surface area contributed by atoms with Gasteiger partial charge in [-0.15, -0.1) is 0 Å². The van der Waals surface area contributed by atoms with Crippen molar-refractivity contribution in [2.45, 2.75) is 70.6 Å². The third-order valence-corrected chi connectivity index (χ3v) is 2.93. The van der Waals surface area contributed by atoms with E-state index < -0.39 is 6.17 Å². The number of ether oxygens (including phenoxy) is 1. The van der Waals surface area contributed by atoms with Gasteiger partial charge in [0.15, 0.2) is 0 Å². The highest BCUT2D eigenvalue weighted by Gasteiger charge is 2.21. The second kappa shape index (κ2) is 7.22. The Morgan fingerprint density at radius 1 is 1.21 bits per heavy atom. The van der Waals surface area contributed by atoms with Gasteiger partial charge in [-0.2, -0.15) is 0 Å². The molecule has 84 valence electrons. The van der Waals surface area contributed by atoms with Gasteiger partial charge in [0.1, 0.15) is 6.17 Å². The molecule has 1 heterocycles. The van der Waals surface area contributed by atoms with Crippen LogP contribution in [0.2, 0.25) is 0 Å². The second-order valence-electron chi connectivity index (χ2n) is 4.32. The number of hydrogen-bond donors (Lipinski definition) is 0. The molecule has 0 aromatic heterocycles. The minimum Gasteiger partial charge on any atom is -0.378 e. The minimum absolute atomic E-state index is 0.209. The van der Waals surface area contributed by atoms with E-state index in [0.717, 1.165) is 6.42 Å².